The van der Waals surface area contributed by atoms with Gasteiger partial charge in [-0.05, 0) is 43.3 Å². The van der Waals surface area contributed by atoms with Gasteiger partial charge in [-0.15, -0.1) is 0 Å². The molecule has 0 saturated heterocycles. The molecule has 0 saturated carbocycles. The Morgan fingerprint density at radius 1 is 1.15 bits per heavy atom. The Hall–Kier alpha value is -2.69. The third-order valence-electron chi connectivity index (χ3n) is 2.75. The van der Waals surface area contributed by atoms with Crippen LogP contribution in [-0.2, 0) is 9.53 Å². The Morgan fingerprint density at radius 3 is 2.55 bits per heavy atom. The first-order chi connectivity index (χ1) is 9.61. The minimum Gasteiger partial charge on any atom is -0.462 e. The van der Waals surface area contributed by atoms with Crippen LogP contribution in [0.4, 0.5) is 4.39 Å². The van der Waals surface area contributed by atoms with Gasteiger partial charge in [-0.1, -0.05) is 0 Å². The number of cyclic esters (lactones) is 1. The van der Waals surface area contributed by atoms with Crippen molar-refractivity contribution in [3.63, 3.8) is 0 Å². The van der Waals surface area contributed by atoms with E-state index in [0.29, 0.717) is 11.3 Å². The predicted molar refractivity (Wildman–Crippen MR) is 70.5 cm³/mol. The summed E-state index contributed by atoms with van der Waals surface area (Å²) in [5.41, 5.74) is 0.692. The van der Waals surface area contributed by atoms with Crippen LogP contribution < -0.4 is 0 Å². The van der Waals surface area contributed by atoms with Crippen LogP contribution in [0.3, 0.4) is 0 Å². The van der Waals surface area contributed by atoms with Crippen LogP contribution in [0.1, 0.15) is 17.1 Å². The summed E-state index contributed by atoms with van der Waals surface area (Å²) in [7, 11) is 0. The highest BCUT2D eigenvalue weighted by molar-refractivity contribution is 6.12. The zero-order valence-electron chi connectivity index (χ0n) is 10.6. The highest BCUT2D eigenvalue weighted by Gasteiger charge is 2.24. The minimum absolute atomic E-state index is 0.152. The van der Waals surface area contributed by atoms with Crippen molar-refractivity contribution in [3.05, 3.63) is 65.0 Å². The molecule has 0 N–H and O–H groups in total. The van der Waals surface area contributed by atoms with E-state index >= 15 is 0 Å². The molecule has 0 spiro atoms. The second kappa shape index (κ2) is 4.77. The van der Waals surface area contributed by atoms with Crippen LogP contribution in [0.2, 0.25) is 0 Å². The summed E-state index contributed by atoms with van der Waals surface area (Å²) in [6.45, 7) is 1.81. The fourth-order valence-electron chi connectivity index (χ4n) is 1.79. The van der Waals surface area contributed by atoms with Crippen molar-refractivity contribution in [1.29, 1.82) is 0 Å². The van der Waals surface area contributed by atoms with E-state index in [2.05, 4.69) is 4.99 Å². The summed E-state index contributed by atoms with van der Waals surface area (Å²) in [6, 6.07) is 9.09. The number of aliphatic imine (C=N–C) groups is 1. The first-order valence-electron chi connectivity index (χ1n) is 5.97. The maximum absolute atomic E-state index is 12.8. The number of furan rings is 1. The number of carbonyl (C=O) groups is 1. The molecule has 2 heterocycles. The van der Waals surface area contributed by atoms with Gasteiger partial charge in [0, 0.05) is 11.6 Å². The Kier molecular flexibility index (Phi) is 2.95. The third-order valence-corrected chi connectivity index (χ3v) is 2.75. The summed E-state index contributed by atoms with van der Waals surface area (Å²) in [5, 5.41) is 0. The smallest absolute Gasteiger partial charge is 0.363 e. The summed E-state index contributed by atoms with van der Waals surface area (Å²) >= 11 is 0. The SMILES string of the molecule is Cc1ccc(/C=C2/N=C(c3ccc(F)cc3)OC2=O)o1. The molecule has 100 valence electrons. The summed E-state index contributed by atoms with van der Waals surface area (Å²) in [4.78, 5) is 15.8. The molecule has 0 amide bonds. The van der Waals surface area contributed by atoms with Crippen molar-refractivity contribution in [1.82, 2.24) is 0 Å². The van der Waals surface area contributed by atoms with E-state index < -0.39 is 5.97 Å². The number of nitrogens with zero attached hydrogens (tertiary/aromatic N) is 1. The zero-order valence-corrected chi connectivity index (χ0v) is 10.6. The van der Waals surface area contributed by atoms with Gasteiger partial charge >= 0.3 is 5.97 Å². The minimum atomic E-state index is -0.557. The molecule has 5 heteroatoms. The third kappa shape index (κ3) is 2.38. The molecule has 1 aliphatic heterocycles. The van der Waals surface area contributed by atoms with E-state index in [4.69, 9.17) is 9.15 Å². The normalized spacial score (nSPS) is 16.4. The van der Waals surface area contributed by atoms with E-state index in [1.165, 1.54) is 30.3 Å². The van der Waals surface area contributed by atoms with Crippen LogP contribution in [0.15, 0.2) is 51.5 Å². The molecule has 1 aromatic heterocycles. The molecule has 0 aliphatic carbocycles. The van der Waals surface area contributed by atoms with Crippen molar-refractivity contribution in [2.24, 2.45) is 4.99 Å². The summed E-state index contributed by atoms with van der Waals surface area (Å²) in [5.74, 6) is 0.507. The number of halogens is 1. The molecule has 0 fully saturated rings. The van der Waals surface area contributed by atoms with E-state index in [9.17, 15) is 9.18 Å². The lowest BCUT2D eigenvalue weighted by Gasteiger charge is -1.98. The number of aryl methyl sites for hydroxylation is 1. The van der Waals surface area contributed by atoms with Crippen LogP contribution in [0.25, 0.3) is 6.08 Å². The molecular formula is C15H10FNO3. The molecule has 4 nitrogen and oxygen atoms in total. The number of benzene rings is 1. The summed E-state index contributed by atoms with van der Waals surface area (Å²) < 4.78 is 23.3. The maximum atomic E-state index is 12.8. The molecule has 1 aromatic carbocycles. The van der Waals surface area contributed by atoms with E-state index in [1.54, 1.807) is 12.1 Å². The average Bonchev–Trinajstić information content (AvgIpc) is 2.98. The Morgan fingerprint density at radius 2 is 1.90 bits per heavy atom. The van der Waals surface area contributed by atoms with Crippen molar-refractivity contribution < 1.29 is 18.3 Å². The molecule has 20 heavy (non-hydrogen) atoms. The second-order valence-corrected chi connectivity index (χ2v) is 4.29. The molecule has 0 bridgehead atoms. The van der Waals surface area contributed by atoms with E-state index in [1.807, 2.05) is 6.92 Å². The van der Waals surface area contributed by atoms with Gasteiger partial charge < -0.3 is 9.15 Å². The molecule has 0 unspecified atom stereocenters. The number of hydrogen-bond acceptors (Lipinski definition) is 4. The molecular weight excluding hydrogens is 261 g/mol. The number of hydrogen-bond donors (Lipinski definition) is 0. The highest BCUT2D eigenvalue weighted by atomic mass is 19.1. The van der Waals surface area contributed by atoms with Crippen molar-refractivity contribution >= 4 is 17.9 Å². The lowest BCUT2D eigenvalue weighted by atomic mass is 10.2. The lowest BCUT2D eigenvalue weighted by molar-refractivity contribution is -0.129. The second-order valence-electron chi connectivity index (χ2n) is 4.29. The molecule has 1 aliphatic rings. The van der Waals surface area contributed by atoms with E-state index in [-0.39, 0.29) is 17.4 Å². The van der Waals surface area contributed by atoms with E-state index in [0.717, 1.165) is 5.76 Å². The van der Waals surface area contributed by atoms with Crippen molar-refractivity contribution in [3.8, 4) is 0 Å². The Balaban J connectivity index is 1.92. The van der Waals surface area contributed by atoms with Crippen molar-refractivity contribution in [2.75, 3.05) is 0 Å². The van der Waals surface area contributed by atoms with Crippen LogP contribution in [0.5, 0.6) is 0 Å². The first kappa shape index (κ1) is 12.3. The van der Waals surface area contributed by atoms with Gasteiger partial charge in [0.15, 0.2) is 5.70 Å². The van der Waals surface area contributed by atoms with Gasteiger partial charge in [-0.2, -0.15) is 0 Å². The molecule has 0 radical (unpaired) electrons. The molecule has 3 rings (SSSR count). The Bertz CT molecular complexity index is 726. The van der Waals surface area contributed by atoms with Gasteiger partial charge in [-0.3, -0.25) is 0 Å². The Labute approximate surface area is 114 Å². The van der Waals surface area contributed by atoms with Crippen LogP contribution in [-0.4, -0.2) is 11.9 Å². The number of carbonyl (C=O) groups excluding carboxylic acids is 1. The van der Waals surface area contributed by atoms with Gasteiger partial charge in [0.05, 0.1) is 0 Å². The largest absolute Gasteiger partial charge is 0.462 e. The van der Waals surface area contributed by atoms with Crippen LogP contribution in [0, 0.1) is 12.7 Å². The average molecular weight is 271 g/mol. The molecule has 2 aromatic rings. The topological polar surface area (TPSA) is 51.8 Å². The number of esters is 1. The van der Waals surface area contributed by atoms with Gasteiger partial charge in [-0.25, -0.2) is 14.2 Å². The fraction of sp³-hybridized carbons (Fsp3) is 0.0667. The zero-order chi connectivity index (χ0) is 14.1. The predicted octanol–water partition coefficient (Wildman–Crippen LogP) is 3.07. The number of ether oxygens (including phenoxy) is 1. The molecule has 0 atom stereocenters. The standard InChI is InChI=1S/C15H10FNO3/c1-9-2-7-12(19-9)8-13-15(18)20-14(17-13)10-3-5-11(16)6-4-10/h2-8H,1H3/b13-8+. The first-order valence-corrected chi connectivity index (χ1v) is 5.97. The van der Waals surface area contributed by atoms with Crippen molar-refractivity contribution in [2.45, 2.75) is 6.92 Å². The van der Waals surface area contributed by atoms with Gasteiger partial charge in [0.1, 0.15) is 17.3 Å². The summed E-state index contributed by atoms with van der Waals surface area (Å²) in [6.07, 6.45) is 1.51. The number of rotatable bonds is 2. The fourth-order valence-corrected chi connectivity index (χ4v) is 1.79. The monoisotopic (exact) mass is 271 g/mol. The lowest BCUT2D eigenvalue weighted by Crippen LogP contribution is -2.05. The highest BCUT2D eigenvalue weighted by Crippen LogP contribution is 2.20. The van der Waals surface area contributed by atoms with Crippen LogP contribution >= 0.6 is 0 Å². The maximum Gasteiger partial charge on any atom is 0.363 e. The van der Waals surface area contributed by atoms with Gasteiger partial charge in [0.2, 0.25) is 5.90 Å². The van der Waals surface area contributed by atoms with Gasteiger partial charge in [0.25, 0.3) is 0 Å². The quantitative estimate of drug-likeness (QED) is 0.623.